The van der Waals surface area contributed by atoms with Crippen molar-refractivity contribution in [3.05, 3.63) is 17.4 Å². The number of carbonyl (C=O) groups excluding carboxylic acids is 1. The number of hydrogen-bond acceptors (Lipinski definition) is 4. The molecule has 1 aliphatic heterocycles. The van der Waals surface area contributed by atoms with Crippen LogP contribution in [0.25, 0.3) is 11.0 Å². The molecule has 0 aromatic carbocycles. The number of nitrogens with two attached hydrogens (primary N) is 1. The van der Waals surface area contributed by atoms with Crippen LogP contribution in [0.4, 0.5) is 11.4 Å². The van der Waals surface area contributed by atoms with Crippen molar-refractivity contribution in [1.29, 1.82) is 0 Å². The van der Waals surface area contributed by atoms with Crippen LogP contribution in [0.2, 0.25) is 5.02 Å². The molecule has 1 unspecified atom stereocenters. The van der Waals surface area contributed by atoms with Gasteiger partial charge in [0.15, 0.2) is 0 Å². The summed E-state index contributed by atoms with van der Waals surface area (Å²) >= 11 is 6.45. The minimum atomic E-state index is 0.0761. The predicted octanol–water partition coefficient (Wildman–Crippen LogP) is 2.49. The molecule has 2 aliphatic rings. The van der Waals surface area contributed by atoms with Gasteiger partial charge >= 0.3 is 0 Å². The number of aromatic amines is 1. The highest BCUT2D eigenvalue weighted by Crippen LogP contribution is 2.39. The molecule has 0 radical (unpaired) electrons. The molecule has 4 N–H and O–H groups in total. The van der Waals surface area contributed by atoms with Crippen LogP contribution >= 0.6 is 11.6 Å². The van der Waals surface area contributed by atoms with Crippen molar-refractivity contribution in [2.24, 2.45) is 11.7 Å². The third kappa shape index (κ3) is 2.77. The second-order valence-corrected chi connectivity index (χ2v) is 6.90. The van der Waals surface area contributed by atoms with Gasteiger partial charge in [-0.1, -0.05) is 11.6 Å². The Kier molecular flexibility index (Phi) is 3.66. The second-order valence-electron chi connectivity index (χ2n) is 6.49. The summed E-state index contributed by atoms with van der Waals surface area (Å²) < 4.78 is 0. The fourth-order valence-corrected chi connectivity index (χ4v) is 3.52. The molecule has 1 atom stereocenters. The summed E-state index contributed by atoms with van der Waals surface area (Å²) in [6.07, 6.45) is 7.46. The number of nitrogens with one attached hydrogen (secondary N) is 2. The molecule has 2 aromatic rings. The molecule has 1 amide bonds. The molecule has 1 saturated heterocycles. The maximum Gasteiger partial charge on any atom is 0.227 e. The average Bonchev–Trinajstić information content (AvgIpc) is 3.31. The van der Waals surface area contributed by atoms with Gasteiger partial charge in [0.2, 0.25) is 5.91 Å². The largest absolute Gasteiger partial charge is 0.368 e. The molecule has 7 heteroatoms. The first kappa shape index (κ1) is 14.8. The maximum absolute atomic E-state index is 12.1. The molecular weight excluding hydrogens is 314 g/mol. The van der Waals surface area contributed by atoms with E-state index in [2.05, 4.69) is 20.2 Å². The molecule has 0 bridgehead atoms. The highest BCUT2D eigenvalue weighted by atomic mass is 35.5. The first-order chi connectivity index (χ1) is 11.1. The van der Waals surface area contributed by atoms with E-state index in [9.17, 15) is 4.79 Å². The van der Waals surface area contributed by atoms with Crippen LogP contribution in [0, 0.1) is 5.92 Å². The lowest BCUT2D eigenvalue weighted by Crippen LogP contribution is -2.43. The lowest BCUT2D eigenvalue weighted by molar-refractivity contribution is -0.117. The zero-order chi connectivity index (χ0) is 16.0. The summed E-state index contributed by atoms with van der Waals surface area (Å²) in [6.45, 7) is 1.67. The van der Waals surface area contributed by atoms with Crippen molar-refractivity contribution in [3.63, 3.8) is 0 Å². The topological polar surface area (TPSA) is 87.0 Å². The molecule has 0 spiro atoms. The molecule has 2 aromatic heterocycles. The zero-order valence-corrected chi connectivity index (χ0v) is 13.6. The molecule has 6 nitrogen and oxygen atoms in total. The van der Waals surface area contributed by atoms with Crippen molar-refractivity contribution < 1.29 is 4.79 Å². The smallest absolute Gasteiger partial charge is 0.227 e. The molecule has 23 heavy (non-hydrogen) atoms. The van der Waals surface area contributed by atoms with E-state index in [0.717, 1.165) is 61.2 Å². The Morgan fingerprint density at radius 3 is 3.00 bits per heavy atom. The zero-order valence-electron chi connectivity index (χ0n) is 12.8. The molecule has 2 fully saturated rings. The number of amides is 1. The number of anilines is 2. The quantitative estimate of drug-likeness (QED) is 0.805. The van der Waals surface area contributed by atoms with E-state index < -0.39 is 0 Å². The number of nitrogens with zero attached hydrogens (tertiary/aromatic N) is 2. The number of piperidine rings is 1. The highest BCUT2D eigenvalue weighted by molar-refractivity contribution is 6.35. The normalized spacial score (nSPS) is 21.7. The SMILES string of the molecule is NC1CCCN(c2c(Cl)cnc3[nH]cc(NC(=O)C4CC4)c23)C1. The van der Waals surface area contributed by atoms with Gasteiger partial charge in [0.1, 0.15) is 5.65 Å². The van der Waals surface area contributed by atoms with Gasteiger partial charge in [0, 0.05) is 31.2 Å². The Labute approximate surface area is 139 Å². The highest BCUT2D eigenvalue weighted by Gasteiger charge is 2.31. The Morgan fingerprint density at radius 2 is 2.26 bits per heavy atom. The van der Waals surface area contributed by atoms with Crippen LogP contribution in [-0.2, 0) is 4.79 Å². The van der Waals surface area contributed by atoms with Crippen molar-refractivity contribution >= 4 is 39.9 Å². The summed E-state index contributed by atoms with van der Waals surface area (Å²) in [5.74, 6) is 0.228. The Bertz CT molecular complexity index is 754. The third-order valence-corrected chi connectivity index (χ3v) is 4.89. The van der Waals surface area contributed by atoms with E-state index in [1.807, 2.05) is 0 Å². The second kappa shape index (κ2) is 5.69. The van der Waals surface area contributed by atoms with E-state index in [1.165, 1.54) is 0 Å². The number of rotatable bonds is 3. The van der Waals surface area contributed by atoms with Crippen LogP contribution in [0.15, 0.2) is 12.4 Å². The summed E-state index contributed by atoms with van der Waals surface area (Å²) in [6, 6.07) is 0.145. The Hall–Kier alpha value is -1.79. The number of hydrogen-bond donors (Lipinski definition) is 3. The average molecular weight is 334 g/mol. The van der Waals surface area contributed by atoms with Crippen molar-refractivity contribution in [2.75, 3.05) is 23.3 Å². The van der Waals surface area contributed by atoms with Gasteiger partial charge in [0.25, 0.3) is 0 Å². The van der Waals surface area contributed by atoms with E-state index >= 15 is 0 Å². The van der Waals surface area contributed by atoms with Crippen molar-refractivity contribution in [1.82, 2.24) is 9.97 Å². The minimum absolute atomic E-state index is 0.0761. The van der Waals surface area contributed by atoms with Crippen LogP contribution in [0.3, 0.4) is 0 Å². The standard InChI is InChI=1S/C16H20ClN5O/c17-11-6-19-15-13(14(11)22-5-1-2-10(18)8-22)12(7-20-15)21-16(23)9-3-4-9/h6-7,9-10H,1-5,8,18H2,(H,19,20)(H,21,23). The molecule has 1 saturated carbocycles. The van der Waals surface area contributed by atoms with Gasteiger partial charge in [-0.3, -0.25) is 4.79 Å². The lowest BCUT2D eigenvalue weighted by Gasteiger charge is -2.33. The fraction of sp³-hybridized carbons (Fsp3) is 0.500. The molecule has 1 aliphatic carbocycles. The number of fused-ring (bicyclic) bond motifs is 1. The maximum atomic E-state index is 12.1. The summed E-state index contributed by atoms with van der Waals surface area (Å²) in [4.78, 5) is 21.8. The summed E-state index contributed by atoms with van der Waals surface area (Å²) in [5.41, 5.74) is 8.52. The molecular formula is C16H20ClN5O. The van der Waals surface area contributed by atoms with Crippen LogP contribution in [0.5, 0.6) is 0 Å². The third-order valence-electron chi connectivity index (χ3n) is 4.61. The van der Waals surface area contributed by atoms with Gasteiger partial charge in [-0.25, -0.2) is 4.98 Å². The van der Waals surface area contributed by atoms with Crippen molar-refractivity contribution in [2.45, 2.75) is 31.7 Å². The number of aromatic nitrogens is 2. The summed E-state index contributed by atoms with van der Waals surface area (Å²) in [5, 5.41) is 4.48. The van der Waals surface area contributed by atoms with Gasteiger partial charge in [-0.05, 0) is 25.7 Å². The monoisotopic (exact) mass is 333 g/mol. The van der Waals surface area contributed by atoms with Gasteiger partial charge < -0.3 is 20.9 Å². The van der Waals surface area contributed by atoms with E-state index in [0.29, 0.717) is 5.02 Å². The first-order valence-corrected chi connectivity index (χ1v) is 8.48. The molecule has 122 valence electrons. The minimum Gasteiger partial charge on any atom is -0.368 e. The predicted molar refractivity (Wildman–Crippen MR) is 91.9 cm³/mol. The van der Waals surface area contributed by atoms with E-state index in [4.69, 9.17) is 17.3 Å². The number of halogens is 1. The molecule has 3 heterocycles. The number of carbonyl (C=O) groups is 1. The Morgan fingerprint density at radius 1 is 1.43 bits per heavy atom. The number of pyridine rings is 1. The van der Waals surface area contributed by atoms with E-state index in [-0.39, 0.29) is 17.9 Å². The van der Waals surface area contributed by atoms with Gasteiger partial charge in [-0.2, -0.15) is 0 Å². The number of H-pyrrole nitrogens is 1. The van der Waals surface area contributed by atoms with Crippen LogP contribution in [0.1, 0.15) is 25.7 Å². The lowest BCUT2D eigenvalue weighted by atomic mass is 10.1. The summed E-state index contributed by atoms with van der Waals surface area (Å²) in [7, 11) is 0. The van der Waals surface area contributed by atoms with Crippen molar-refractivity contribution in [3.8, 4) is 0 Å². The van der Waals surface area contributed by atoms with Crippen LogP contribution in [-0.4, -0.2) is 35.0 Å². The van der Waals surface area contributed by atoms with Crippen LogP contribution < -0.4 is 16.0 Å². The molecule has 4 rings (SSSR count). The fourth-order valence-electron chi connectivity index (χ4n) is 3.26. The van der Waals surface area contributed by atoms with Gasteiger partial charge in [0.05, 0.1) is 28.0 Å². The van der Waals surface area contributed by atoms with Gasteiger partial charge in [-0.15, -0.1) is 0 Å². The Balaban J connectivity index is 1.76. The van der Waals surface area contributed by atoms with E-state index in [1.54, 1.807) is 12.4 Å². The first-order valence-electron chi connectivity index (χ1n) is 8.10.